The Labute approximate surface area is 155 Å². The number of fused-ring (bicyclic) bond motifs is 3. The Balaban J connectivity index is 1.81. The molecule has 1 aromatic rings. The third-order valence-electron chi connectivity index (χ3n) is 4.86. The van der Waals surface area contributed by atoms with Crippen LogP contribution in [0.25, 0.3) is 0 Å². The summed E-state index contributed by atoms with van der Waals surface area (Å²) < 4.78 is 54.0. The molecule has 0 radical (unpaired) electrons. The number of nitrogens with zero attached hydrogens (tertiary/aromatic N) is 2. The van der Waals surface area contributed by atoms with Crippen LogP contribution >= 0.6 is 27.5 Å². The molecule has 1 aromatic carbocycles. The highest BCUT2D eigenvalue weighted by atomic mass is 79.9. The van der Waals surface area contributed by atoms with Gasteiger partial charge in [0.25, 0.3) is 0 Å². The summed E-state index contributed by atoms with van der Waals surface area (Å²) in [4.78, 5) is 6.09. The van der Waals surface area contributed by atoms with Crippen molar-refractivity contribution in [1.29, 1.82) is 0 Å². The van der Waals surface area contributed by atoms with Gasteiger partial charge in [0, 0.05) is 6.20 Å². The third kappa shape index (κ3) is 2.63. The molecule has 1 atom stereocenters. The van der Waals surface area contributed by atoms with Crippen LogP contribution in [0.2, 0.25) is 0 Å². The highest BCUT2D eigenvalue weighted by Gasteiger charge is 2.47. The van der Waals surface area contributed by atoms with E-state index in [2.05, 4.69) is 20.9 Å². The molecule has 132 valence electrons. The highest BCUT2D eigenvalue weighted by Crippen LogP contribution is 2.46. The Morgan fingerprint density at radius 2 is 2.04 bits per heavy atom. The standard InChI is InChI=1S/C17H12BrClF4N2/c18-12-4-3-11-10(14(12)20)2-1-5-16(11)8-25-7-9(17(21,22)23)6-13(19)15(25)24-16/h3-4,6-7H,1-2,5,8H2/t16-/m1/s1. The van der Waals surface area contributed by atoms with Crippen molar-refractivity contribution in [2.24, 2.45) is 4.99 Å². The van der Waals surface area contributed by atoms with Gasteiger partial charge in [0.05, 0.1) is 21.6 Å². The summed E-state index contributed by atoms with van der Waals surface area (Å²) in [7, 11) is 0. The fourth-order valence-electron chi connectivity index (χ4n) is 3.76. The van der Waals surface area contributed by atoms with Crippen molar-refractivity contribution in [2.45, 2.75) is 31.0 Å². The van der Waals surface area contributed by atoms with Crippen LogP contribution in [0.3, 0.4) is 0 Å². The van der Waals surface area contributed by atoms with Gasteiger partial charge in [-0.15, -0.1) is 0 Å². The number of hydrogen-bond donors (Lipinski definition) is 0. The summed E-state index contributed by atoms with van der Waals surface area (Å²) in [6, 6.07) is 3.42. The van der Waals surface area contributed by atoms with Crippen LogP contribution < -0.4 is 0 Å². The largest absolute Gasteiger partial charge is 0.417 e. The molecule has 0 bridgehead atoms. The molecule has 1 spiro atoms. The summed E-state index contributed by atoms with van der Waals surface area (Å²) in [6.07, 6.45) is -0.628. The average Bonchev–Trinajstić information content (AvgIpc) is 2.90. The van der Waals surface area contributed by atoms with Gasteiger partial charge in [0.15, 0.2) is 0 Å². The molecule has 0 N–H and O–H groups in total. The highest BCUT2D eigenvalue weighted by molar-refractivity contribution is 9.10. The molecule has 1 aliphatic carbocycles. The lowest BCUT2D eigenvalue weighted by Crippen LogP contribution is -2.36. The number of benzene rings is 1. The van der Waals surface area contributed by atoms with Crippen LogP contribution in [-0.2, 0) is 12.0 Å². The molecule has 0 saturated carbocycles. The smallest absolute Gasteiger partial charge is 0.329 e. The fraction of sp³-hybridized carbons (Fsp3) is 0.353. The number of amidine groups is 1. The first-order valence-electron chi connectivity index (χ1n) is 7.72. The molecule has 2 heterocycles. The van der Waals surface area contributed by atoms with Gasteiger partial charge in [-0.3, -0.25) is 4.99 Å². The summed E-state index contributed by atoms with van der Waals surface area (Å²) >= 11 is 9.26. The van der Waals surface area contributed by atoms with E-state index in [4.69, 9.17) is 11.6 Å². The molecule has 0 amide bonds. The second-order valence-electron chi connectivity index (χ2n) is 6.41. The molecule has 25 heavy (non-hydrogen) atoms. The van der Waals surface area contributed by atoms with Crippen molar-refractivity contribution in [3.8, 4) is 0 Å². The zero-order valence-electron chi connectivity index (χ0n) is 12.8. The molecule has 4 rings (SSSR count). The maximum Gasteiger partial charge on any atom is 0.417 e. The van der Waals surface area contributed by atoms with Crippen molar-refractivity contribution in [1.82, 2.24) is 4.90 Å². The van der Waals surface area contributed by atoms with Crippen LogP contribution in [0.1, 0.15) is 24.0 Å². The van der Waals surface area contributed by atoms with Crippen LogP contribution in [-0.4, -0.2) is 23.5 Å². The Morgan fingerprint density at radius 1 is 1.28 bits per heavy atom. The van der Waals surface area contributed by atoms with Crippen molar-refractivity contribution < 1.29 is 17.6 Å². The second kappa shape index (κ2) is 5.58. The molecule has 0 unspecified atom stereocenters. The molecular weight excluding hydrogens is 424 g/mol. The van der Waals surface area contributed by atoms with E-state index >= 15 is 0 Å². The van der Waals surface area contributed by atoms with E-state index in [9.17, 15) is 17.6 Å². The second-order valence-corrected chi connectivity index (χ2v) is 7.67. The molecule has 8 heteroatoms. The van der Waals surface area contributed by atoms with Gasteiger partial charge in [0.1, 0.15) is 17.2 Å². The van der Waals surface area contributed by atoms with E-state index in [0.717, 1.165) is 17.8 Å². The summed E-state index contributed by atoms with van der Waals surface area (Å²) in [6.45, 7) is 0.222. The van der Waals surface area contributed by atoms with Crippen molar-refractivity contribution in [3.05, 3.63) is 56.4 Å². The van der Waals surface area contributed by atoms with Gasteiger partial charge in [-0.2, -0.15) is 13.2 Å². The first-order valence-corrected chi connectivity index (χ1v) is 8.89. The lowest BCUT2D eigenvalue weighted by atomic mass is 9.77. The fourth-order valence-corrected chi connectivity index (χ4v) is 4.40. The van der Waals surface area contributed by atoms with E-state index in [0.29, 0.717) is 35.1 Å². The predicted octanol–water partition coefficient (Wildman–Crippen LogP) is 5.42. The minimum atomic E-state index is -4.48. The van der Waals surface area contributed by atoms with E-state index in [-0.39, 0.29) is 17.4 Å². The summed E-state index contributed by atoms with van der Waals surface area (Å²) in [5.41, 5.74) is -0.278. The van der Waals surface area contributed by atoms with Crippen molar-refractivity contribution in [2.75, 3.05) is 6.54 Å². The minimum Gasteiger partial charge on any atom is -0.329 e. The zero-order valence-corrected chi connectivity index (χ0v) is 15.1. The molecule has 2 aliphatic heterocycles. The van der Waals surface area contributed by atoms with Gasteiger partial charge in [0.2, 0.25) is 0 Å². The van der Waals surface area contributed by atoms with Crippen LogP contribution in [0.5, 0.6) is 0 Å². The van der Waals surface area contributed by atoms with Gasteiger partial charge in [-0.05, 0) is 58.5 Å². The van der Waals surface area contributed by atoms with Crippen LogP contribution in [0.15, 0.2) is 44.5 Å². The molecular formula is C17H12BrClF4N2. The zero-order chi connectivity index (χ0) is 18.0. The van der Waals surface area contributed by atoms with Crippen molar-refractivity contribution >= 4 is 33.4 Å². The topological polar surface area (TPSA) is 15.6 Å². The van der Waals surface area contributed by atoms with Gasteiger partial charge >= 0.3 is 6.18 Å². The van der Waals surface area contributed by atoms with E-state index in [1.807, 2.05) is 0 Å². The lowest BCUT2D eigenvalue weighted by molar-refractivity contribution is -0.0891. The van der Waals surface area contributed by atoms with E-state index in [1.54, 1.807) is 12.1 Å². The molecule has 0 saturated heterocycles. The molecule has 0 aromatic heterocycles. The Hall–Kier alpha value is -1.34. The van der Waals surface area contributed by atoms with Gasteiger partial charge in [-0.25, -0.2) is 4.39 Å². The Morgan fingerprint density at radius 3 is 2.76 bits per heavy atom. The Kier molecular flexibility index (Phi) is 3.81. The maximum absolute atomic E-state index is 14.5. The van der Waals surface area contributed by atoms with E-state index in [1.165, 1.54) is 4.90 Å². The van der Waals surface area contributed by atoms with Gasteiger partial charge in [-0.1, -0.05) is 17.7 Å². The number of allylic oxidation sites excluding steroid dienone is 2. The lowest BCUT2D eigenvalue weighted by Gasteiger charge is -2.34. The predicted molar refractivity (Wildman–Crippen MR) is 90.9 cm³/mol. The monoisotopic (exact) mass is 434 g/mol. The molecule has 0 fully saturated rings. The quantitative estimate of drug-likeness (QED) is 0.497. The number of aliphatic imine (C=N–C) groups is 1. The molecule has 2 nitrogen and oxygen atoms in total. The van der Waals surface area contributed by atoms with Crippen LogP contribution in [0.4, 0.5) is 17.6 Å². The van der Waals surface area contributed by atoms with Gasteiger partial charge < -0.3 is 4.90 Å². The first-order chi connectivity index (χ1) is 11.7. The number of hydrogen-bond acceptors (Lipinski definition) is 2. The van der Waals surface area contributed by atoms with E-state index < -0.39 is 17.3 Å². The minimum absolute atomic E-state index is 0.0450. The third-order valence-corrected chi connectivity index (χ3v) is 5.75. The number of halogens is 6. The summed E-state index contributed by atoms with van der Waals surface area (Å²) in [5.74, 6) is -0.0133. The average molecular weight is 436 g/mol. The Bertz CT molecular complexity index is 859. The maximum atomic E-state index is 14.5. The van der Waals surface area contributed by atoms with Crippen molar-refractivity contribution in [3.63, 3.8) is 0 Å². The number of rotatable bonds is 0. The number of alkyl halides is 3. The van der Waals surface area contributed by atoms with Crippen LogP contribution in [0, 0.1) is 5.82 Å². The SMILES string of the molecule is Fc1c(Br)ccc2c1CCC[C@@]21CN2C=C(C(F)(F)F)C=C(Cl)C2=N1. The molecule has 3 aliphatic rings. The normalized spacial score (nSPS) is 25.4. The first kappa shape index (κ1) is 17.1. The summed E-state index contributed by atoms with van der Waals surface area (Å²) in [5, 5.41) is -0.0450.